The molecule has 0 aliphatic carbocycles. The normalized spacial score (nSPS) is 25.1. The van der Waals surface area contributed by atoms with Gasteiger partial charge in [0.1, 0.15) is 0 Å². The van der Waals surface area contributed by atoms with Gasteiger partial charge in [0.2, 0.25) is 0 Å². The monoisotopic (exact) mass is 110 g/mol. The van der Waals surface area contributed by atoms with E-state index in [0.29, 0.717) is 0 Å². The van der Waals surface area contributed by atoms with E-state index < -0.39 is 0 Å². The molecule has 8 heavy (non-hydrogen) atoms. The lowest BCUT2D eigenvalue weighted by atomic mass is 10.2. The lowest BCUT2D eigenvalue weighted by Crippen LogP contribution is -2.07. The van der Waals surface area contributed by atoms with Crippen molar-refractivity contribution >= 4 is 5.71 Å². The van der Waals surface area contributed by atoms with Crippen molar-refractivity contribution < 1.29 is 0 Å². The predicted molar refractivity (Wildman–Crippen MR) is 35.4 cm³/mol. The molecule has 2 nitrogen and oxygen atoms in total. The topological polar surface area (TPSA) is 24.4 Å². The molecule has 2 heteroatoms. The van der Waals surface area contributed by atoms with Crippen LogP contribution in [0.3, 0.4) is 0 Å². The Bertz CT molecular complexity index is 135. The van der Waals surface area contributed by atoms with Crippen LogP contribution >= 0.6 is 0 Å². The summed E-state index contributed by atoms with van der Waals surface area (Å²) in [4.78, 5) is 4.02. The molecule has 0 aromatic carbocycles. The summed E-state index contributed by atoms with van der Waals surface area (Å²) in [6.07, 6.45) is 0. The van der Waals surface area contributed by atoms with Gasteiger partial charge in [0.05, 0.1) is 5.71 Å². The van der Waals surface area contributed by atoms with Crippen molar-refractivity contribution in [2.45, 2.75) is 0 Å². The zero-order valence-electron chi connectivity index (χ0n) is 5.07. The third-order valence-corrected chi connectivity index (χ3v) is 1.31. The first-order valence-corrected chi connectivity index (χ1v) is 2.69. The van der Waals surface area contributed by atoms with E-state index in [1.54, 1.807) is 7.05 Å². The van der Waals surface area contributed by atoms with E-state index >= 15 is 0 Å². The predicted octanol–water partition coefficient (Wildman–Crippen LogP) is 0.217. The largest absolute Gasteiger partial charge is 0.307 e. The van der Waals surface area contributed by atoms with Crippen molar-refractivity contribution in [1.29, 1.82) is 0 Å². The molecule has 0 aromatic rings. The summed E-state index contributed by atoms with van der Waals surface area (Å²) in [6, 6.07) is 0. The molecule has 0 radical (unpaired) electrons. The van der Waals surface area contributed by atoms with Gasteiger partial charge in [0, 0.05) is 20.1 Å². The zero-order chi connectivity index (χ0) is 5.98. The number of rotatable bonds is 0. The Morgan fingerprint density at radius 1 is 1.62 bits per heavy atom. The number of hydrogen-bond donors (Lipinski definition) is 1. The van der Waals surface area contributed by atoms with Crippen LogP contribution in [0.15, 0.2) is 17.1 Å². The Balaban J connectivity index is 2.69. The van der Waals surface area contributed by atoms with Gasteiger partial charge in [-0.05, 0) is 5.57 Å². The molecule has 0 atom stereocenters. The van der Waals surface area contributed by atoms with Gasteiger partial charge in [-0.15, -0.1) is 0 Å². The molecule has 0 unspecified atom stereocenters. The second kappa shape index (κ2) is 2.09. The van der Waals surface area contributed by atoms with E-state index in [-0.39, 0.29) is 0 Å². The van der Waals surface area contributed by atoms with Gasteiger partial charge in [0.25, 0.3) is 0 Å². The van der Waals surface area contributed by atoms with Gasteiger partial charge in [-0.25, -0.2) is 0 Å². The van der Waals surface area contributed by atoms with Crippen molar-refractivity contribution in [3.05, 3.63) is 12.2 Å². The van der Waals surface area contributed by atoms with Crippen molar-refractivity contribution in [2.75, 3.05) is 20.1 Å². The highest BCUT2D eigenvalue weighted by atomic mass is 14.9. The summed E-state index contributed by atoms with van der Waals surface area (Å²) in [5.41, 5.74) is 2.25. The van der Waals surface area contributed by atoms with Gasteiger partial charge < -0.3 is 5.32 Å². The minimum absolute atomic E-state index is 0.898. The van der Waals surface area contributed by atoms with Crippen LogP contribution in [0.5, 0.6) is 0 Å². The minimum Gasteiger partial charge on any atom is -0.307 e. The SMILES string of the molecule is C=C1CNCC1=NC. The van der Waals surface area contributed by atoms with Crippen LogP contribution in [0.2, 0.25) is 0 Å². The summed E-state index contributed by atoms with van der Waals surface area (Å²) in [5.74, 6) is 0. The number of aliphatic imine (C=N–C) groups is 1. The third-order valence-electron chi connectivity index (χ3n) is 1.31. The lowest BCUT2D eigenvalue weighted by Gasteiger charge is -1.88. The van der Waals surface area contributed by atoms with Crippen LogP contribution < -0.4 is 5.32 Å². The fourth-order valence-electron chi connectivity index (χ4n) is 0.796. The number of nitrogens with zero attached hydrogens (tertiary/aromatic N) is 1. The van der Waals surface area contributed by atoms with E-state index in [0.717, 1.165) is 24.4 Å². The molecule has 1 rings (SSSR count). The highest BCUT2D eigenvalue weighted by Crippen LogP contribution is 1.98. The summed E-state index contributed by atoms with van der Waals surface area (Å²) in [6.45, 7) is 5.62. The van der Waals surface area contributed by atoms with Crippen LogP contribution in [-0.4, -0.2) is 25.8 Å². The maximum Gasteiger partial charge on any atom is 0.0521 e. The standard InChI is InChI=1S/C6H10N2/c1-5-3-8-4-6(5)7-2/h8H,1,3-4H2,2H3. The van der Waals surface area contributed by atoms with Crippen LogP contribution in [0.1, 0.15) is 0 Å². The van der Waals surface area contributed by atoms with Crippen molar-refractivity contribution in [3.63, 3.8) is 0 Å². The number of nitrogens with one attached hydrogen (secondary N) is 1. The first kappa shape index (κ1) is 5.51. The second-order valence-electron chi connectivity index (χ2n) is 1.88. The second-order valence-corrected chi connectivity index (χ2v) is 1.88. The molecule has 1 saturated heterocycles. The summed E-state index contributed by atoms with van der Waals surface area (Å²) in [7, 11) is 1.80. The fraction of sp³-hybridized carbons (Fsp3) is 0.500. The average molecular weight is 110 g/mol. The van der Waals surface area contributed by atoms with Gasteiger partial charge in [-0.1, -0.05) is 6.58 Å². The molecule has 1 heterocycles. The average Bonchev–Trinajstić information content (AvgIpc) is 2.14. The zero-order valence-corrected chi connectivity index (χ0v) is 5.07. The minimum atomic E-state index is 0.898. The number of hydrogen-bond acceptors (Lipinski definition) is 2. The Kier molecular flexibility index (Phi) is 1.44. The molecular weight excluding hydrogens is 100 g/mol. The van der Waals surface area contributed by atoms with Gasteiger partial charge in [-0.2, -0.15) is 0 Å². The molecular formula is C6H10N2. The van der Waals surface area contributed by atoms with Crippen LogP contribution in [0.25, 0.3) is 0 Å². The Hall–Kier alpha value is -0.630. The highest BCUT2D eigenvalue weighted by molar-refractivity contribution is 6.03. The molecule has 0 amide bonds. The molecule has 1 aliphatic heterocycles. The third kappa shape index (κ3) is 0.793. The van der Waals surface area contributed by atoms with E-state index in [9.17, 15) is 0 Å². The van der Waals surface area contributed by atoms with Crippen LogP contribution in [-0.2, 0) is 0 Å². The molecule has 1 fully saturated rings. The lowest BCUT2D eigenvalue weighted by molar-refractivity contribution is 0.908. The first-order chi connectivity index (χ1) is 3.84. The quantitative estimate of drug-likeness (QED) is 0.474. The maximum atomic E-state index is 4.02. The molecule has 1 aliphatic rings. The summed E-state index contributed by atoms with van der Waals surface area (Å²) < 4.78 is 0. The van der Waals surface area contributed by atoms with Crippen molar-refractivity contribution in [2.24, 2.45) is 4.99 Å². The van der Waals surface area contributed by atoms with Crippen molar-refractivity contribution in [1.82, 2.24) is 5.32 Å². The van der Waals surface area contributed by atoms with E-state index in [2.05, 4.69) is 16.9 Å². The van der Waals surface area contributed by atoms with Crippen molar-refractivity contribution in [3.8, 4) is 0 Å². The first-order valence-electron chi connectivity index (χ1n) is 2.69. The highest BCUT2D eigenvalue weighted by Gasteiger charge is 2.09. The van der Waals surface area contributed by atoms with Gasteiger partial charge in [0.15, 0.2) is 0 Å². The smallest absolute Gasteiger partial charge is 0.0521 e. The van der Waals surface area contributed by atoms with Gasteiger partial charge in [-0.3, -0.25) is 4.99 Å². The maximum absolute atomic E-state index is 4.02. The Morgan fingerprint density at radius 2 is 2.38 bits per heavy atom. The van der Waals surface area contributed by atoms with Crippen LogP contribution in [0, 0.1) is 0 Å². The molecule has 1 N–H and O–H groups in total. The molecule has 0 saturated carbocycles. The molecule has 0 spiro atoms. The molecule has 0 aromatic heterocycles. The summed E-state index contributed by atoms with van der Waals surface area (Å²) >= 11 is 0. The van der Waals surface area contributed by atoms with Crippen LogP contribution in [0.4, 0.5) is 0 Å². The summed E-state index contributed by atoms with van der Waals surface area (Å²) in [5, 5.41) is 3.14. The Labute approximate surface area is 49.3 Å². The van der Waals surface area contributed by atoms with Gasteiger partial charge >= 0.3 is 0 Å². The van der Waals surface area contributed by atoms with E-state index in [1.165, 1.54) is 0 Å². The van der Waals surface area contributed by atoms with E-state index in [4.69, 9.17) is 0 Å². The molecule has 0 bridgehead atoms. The Morgan fingerprint density at radius 3 is 2.62 bits per heavy atom. The molecule has 44 valence electrons. The van der Waals surface area contributed by atoms with E-state index in [1.807, 2.05) is 0 Å². The fourth-order valence-corrected chi connectivity index (χ4v) is 0.796.